The van der Waals surface area contributed by atoms with Crippen LogP contribution in [0.1, 0.15) is 33.1 Å². The molecule has 0 bridgehead atoms. The Kier molecular flexibility index (Phi) is 43.6. The number of aliphatic hydroxyl groups excluding tert-OH is 12. The number of hydrogen-bond donors (Lipinski definition) is 15. The normalized spacial score (nSPS) is 24.9. The molecule has 2 saturated heterocycles. The van der Waals surface area contributed by atoms with Crippen LogP contribution in [0.3, 0.4) is 0 Å². The van der Waals surface area contributed by atoms with Crippen molar-refractivity contribution < 1.29 is 147 Å². The van der Waals surface area contributed by atoms with E-state index in [0.29, 0.717) is 0 Å². The Morgan fingerprint density at radius 1 is 0.452 bits per heavy atom. The highest BCUT2D eigenvalue weighted by molar-refractivity contribution is 5.76. The van der Waals surface area contributed by atoms with E-state index in [0.717, 1.165) is 0 Å². The first kappa shape index (κ1) is 77.4. The van der Waals surface area contributed by atoms with Gasteiger partial charge in [0.2, 0.25) is 17.7 Å². The molecule has 33 heteroatoms. The number of carbonyl (C=O) groups is 3. The van der Waals surface area contributed by atoms with Crippen LogP contribution in [-0.2, 0) is 85.4 Å². The fourth-order valence-corrected chi connectivity index (χ4v) is 7.51. The van der Waals surface area contributed by atoms with E-state index < -0.39 is 118 Å². The van der Waals surface area contributed by atoms with Gasteiger partial charge < -0.3 is 148 Å². The van der Waals surface area contributed by atoms with Crippen molar-refractivity contribution in [3.63, 3.8) is 0 Å². The van der Waals surface area contributed by atoms with Gasteiger partial charge >= 0.3 is 0 Å². The lowest BCUT2D eigenvalue weighted by Crippen LogP contribution is -2.59. The smallest absolute Gasteiger partial charge is 0.222 e. The zero-order chi connectivity index (χ0) is 62.0. The van der Waals surface area contributed by atoms with Gasteiger partial charge in [0, 0.05) is 44.3 Å². The van der Waals surface area contributed by atoms with Gasteiger partial charge in [0.1, 0.15) is 67.1 Å². The maximum absolute atomic E-state index is 12.5. The molecule has 0 aromatic heterocycles. The second kappa shape index (κ2) is 47.3. The monoisotopic (exact) mass is 1230 g/mol. The molecule has 0 aliphatic carbocycles. The van der Waals surface area contributed by atoms with E-state index in [4.69, 9.17) is 76.2 Å². The van der Waals surface area contributed by atoms with Crippen molar-refractivity contribution in [3.8, 4) is 0 Å². The van der Waals surface area contributed by atoms with Crippen molar-refractivity contribution in [3.05, 3.63) is 0 Å². The highest BCUT2D eigenvalue weighted by Crippen LogP contribution is 2.24. The first-order chi connectivity index (χ1) is 40.4. The number of amides is 3. The molecule has 84 heavy (non-hydrogen) atoms. The van der Waals surface area contributed by atoms with E-state index in [1.165, 1.54) is 6.92 Å². The zero-order valence-corrected chi connectivity index (χ0v) is 48.2. The summed E-state index contributed by atoms with van der Waals surface area (Å²) in [6.45, 7) is 4.17. The third kappa shape index (κ3) is 33.6. The van der Waals surface area contributed by atoms with Gasteiger partial charge in [-0.15, -0.1) is 0 Å². The summed E-state index contributed by atoms with van der Waals surface area (Å²) >= 11 is 0. The number of ether oxygens (including phenoxy) is 15. The molecule has 5 unspecified atom stereocenters. The highest BCUT2D eigenvalue weighted by Gasteiger charge is 2.45. The van der Waals surface area contributed by atoms with Crippen molar-refractivity contribution in [2.24, 2.45) is 5.41 Å². The summed E-state index contributed by atoms with van der Waals surface area (Å²) in [7, 11) is 0. The fourth-order valence-electron chi connectivity index (χ4n) is 7.51. The summed E-state index contributed by atoms with van der Waals surface area (Å²) in [5, 5.41) is 124. The molecule has 496 valence electrons. The Labute approximate surface area is 488 Å². The summed E-state index contributed by atoms with van der Waals surface area (Å²) in [5.41, 5.74) is -0.755. The Hall–Kier alpha value is -2.67. The molecule has 0 aromatic carbocycles. The van der Waals surface area contributed by atoms with Gasteiger partial charge in [-0.05, 0) is 6.92 Å². The van der Waals surface area contributed by atoms with Crippen molar-refractivity contribution in [2.75, 3.05) is 185 Å². The SMILES string of the molecule is C[C@@H](O)[C@@H](OCCOCCOCCNC(=O)CCOCC(C)(COCCC(=O)NCCOCCOCCO[C@H]1OC(CO)[C@@H](O)C(O)[C@H]1O)COCCC(=O)NCCOCCOCCO[C@H]1OC(CO)[C@@H](O)C(O)[C@H]1O)OC(CO)[C@@H](O)CO. The predicted molar refractivity (Wildman–Crippen MR) is 284 cm³/mol. The molecule has 0 spiro atoms. The summed E-state index contributed by atoms with van der Waals surface area (Å²) < 4.78 is 82.4. The number of hydrogen-bond acceptors (Lipinski definition) is 30. The molecule has 2 aliphatic heterocycles. The third-order valence-corrected chi connectivity index (χ3v) is 12.3. The first-order valence-electron chi connectivity index (χ1n) is 28.1. The van der Waals surface area contributed by atoms with Crippen LogP contribution in [-0.4, -0.2) is 350 Å². The van der Waals surface area contributed by atoms with E-state index in [2.05, 4.69) is 16.0 Å². The van der Waals surface area contributed by atoms with Crippen molar-refractivity contribution in [1.82, 2.24) is 16.0 Å². The quantitative estimate of drug-likeness (QED) is 0.0199. The van der Waals surface area contributed by atoms with Crippen LogP contribution in [0.25, 0.3) is 0 Å². The summed E-state index contributed by atoms with van der Waals surface area (Å²) in [5.74, 6) is -0.845. The molecule has 2 heterocycles. The van der Waals surface area contributed by atoms with Crippen molar-refractivity contribution >= 4 is 17.7 Å². The molecule has 15 N–H and O–H groups in total. The Morgan fingerprint density at radius 3 is 1.13 bits per heavy atom. The van der Waals surface area contributed by atoms with Crippen LogP contribution in [0.15, 0.2) is 0 Å². The van der Waals surface area contributed by atoms with E-state index in [9.17, 15) is 70.6 Å². The minimum absolute atomic E-state index is 0.0110. The predicted octanol–water partition coefficient (Wildman–Crippen LogP) is -8.25. The Bertz CT molecular complexity index is 1570. The molecule has 14 atom stereocenters. The van der Waals surface area contributed by atoms with Crippen LogP contribution in [0.4, 0.5) is 0 Å². The van der Waals surface area contributed by atoms with E-state index in [1.807, 2.05) is 6.92 Å². The first-order valence-corrected chi connectivity index (χ1v) is 28.1. The molecule has 33 nitrogen and oxygen atoms in total. The Balaban J connectivity index is 1.65. The van der Waals surface area contributed by atoms with Crippen LogP contribution >= 0.6 is 0 Å². The van der Waals surface area contributed by atoms with Gasteiger partial charge in [0.15, 0.2) is 18.9 Å². The second-order valence-corrected chi connectivity index (χ2v) is 19.7. The highest BCUT2D eigenvalue weighted by atomic mass is 16.7. The van der Waals surface area contributed by atoms with E-state index >= 15 is 0 Å². The van der Waals surface area contributed by atoms with E-state index in [1.54, 1.807) is 0 Å². The van der Waals surface area contributed by atoms with Crippen molar-refractivity contribution in [2.45, 2.75) is 119 Å². The number of aliphatic hydroxyl groups is 12. The minimum atomic E-state index is -1.55. The molecule has 0 aromatic rings. The molecular weight excluding hydrogens is 1130 g/mol. The van der Waals surface area contributed by atoms with Crippen molar-refractivity contribution in [1.29, 1.82) is 0 Å². The molecule has 0 saturated carbocycles. The largest absolute Gasteiger partial charge is 0.394 e. The molecule has 2 aliphatic rings. The lowest BCUT2D eigenvalue weighted by molar-refractivity contribution is -0.302. The molecule has 2 fully saturated rings. The summed E-state index contributed by atoms with van der Waals surface area (Å²) in [6, 6.07) is 0. The maximum Gasteiger partial charge on any atom is 0.222 e. The number of nitrogens with one attached hydrogen (secondary N) is 3. The molecule has 2 rings (SSSR count). The standard InChI is InChI=1S/C51H97N3O30/c1-34(59)48(82-36(28-56)35(60)27-55)79-24-21-73-18-15-70-12-6-52-39(61)3-9-76-31-51(2,32-77-10-4-40(62)53-7-13-71-16-19-74-22-25-80-49-46(68)44(66)42(64)37(29-57)83-49)33-78-11-5-41(63)54-8-14-72-17-20-75-23-26-81-50-47(69)45(67)43(65)38(30-58)84-50/h34-38,42-50,55-60,64-69H,3-33H2,1-2H3,(H,52,61)(H,53,62)(H,54,63)/t34-,35+,36?,37?,38?,42-,43-,44?,45?,46-,47-,48+,49+,50+,51?/m1/s1. The zero-order valence-electron chi connectivity index (χ0n) is 48.2. The second-order valence-electron chi connectivity index (χ2n) is 19.7. The molecular formula is C51H97N3O30. The minimum Gasteiger partial charge on any atom is -0.394 e. The van der Waals surface area contributed by atoms with Crippen LogP contribution in [0.2, 0.25) is 0 Å². The van der Waals surface area contributed by atoms with E-state index in [-0.39, 0.29) is 195 Å². The number of rotatable bonds is 53. The van der Waals surface area contributed by atoms with Gasteiger partial charge in [-0.3, -0.25) is 14.4 Å². The fraction of sp³-hybridized carbons (Fsp3) is 0.941. The van der Waals surface area contributed by atoms with Crippen LogP contribution in [0, 0.1) is 5.41 Å². The lowest BCUT2D eigenvalue weighted by atomic mass is 9.94. The Morgan fingerprint density at radius 2 is 0.798 bits per heavy atom. The van der Waals surface area contributed by atoms with Gasteiger partial charge in [-0.1, -0.05) is 6.92 Å². The maximum atomic E-state index is 12.5. The van der Waals surface area contributed by atoms with Crippen LogP contribution < -0.4 is 16.0 Å². The van der Waals surface area contributed by atoms with Gasteiger partial charge in [0.25, 0.3) is 0 Å². The lowest BCUT2D eigenvalue weighted by Gasteiger charge is -2.39. The van der Waals surface area contributed by atoms with Gasteiger partial charge in [-0.25, -0.2) is 0 Å². The average Bonchev–Trinajstić information content (AvgIpc) is 3.69. The molecule has 0 radical (unpaired) electrons. The molecule has 3 amide bonds. The summed E-state index contributed by atoms with van der Waals surface area (Å²) in [6.07, 6.45) is -18.5. The topological polar surface area (TPSA) is 469 Å². The summed E-state index contributed by atoms with van der Waals surface area (Å²) in [4.78, 5) is 37.5. The number of carbonyl (C=O) groups excluding carboxylic acids is 3. The van der Waals surface area contributed by atoms with Gasteiger partial charge in [-0.2, -0.15) is 0 Å². The van der Waals surface area contributed by atoms with Crippen LogP contribution in [0.5, 0.6) is 0 Å². The average molecular weight is 1230 g/mol. The third-order valence-electron chi connectivity index (χ3n) is 12.3. The van der Waals surface area contributed by atoms with Gasteiger partial charge in [0.05, 0.1) is 165 Å².